The fraction of sp³-hybridized carbons (Fsp3) is 0.250. The third-order valence-electron chi connectivity index (χ3n) is 2.07. The number of thiophene rings is 1. The van der Waals surface area contributed by atoms with Gasteiger partial charge in [0, 0.05) is 4.88 Å². The van der Waals surface area contributed by atoms with Gasteiger partial charge in [0.15, 0.2) is 0 Å². The molecule has 0 saturated carbocycles. The van der Waals surface area contributed by atoms with E-state index >= 15 is 0 Å². The van der Waals surface area contributed by atoms with Gasteiger partial charge in [-0.25, -0.2) is 4.79 Å². The predicted octanol–water partition coefficient (Wildman–Crippen LogP) is 0.895. The minimum atomic E-state index is -0.446. The first-order valence-electron chi connectivity index (χ1n) is 3.82. The molecular formula is C8H8N2O2S. The largest absolute Gasteiger partial charge is 0.326 e. The van der Waals surface area contributed by atoms with Crippen molar-refractivity contribution in [2.75, 3.05) is 0 Å². The quantitative estimate of drug-likeness (QED) is 0.657. The number of nitrogens with one attached hydrogen (secondary N) is 2. The number of rotatable bonds is 0. The van der Waals surface area contributed by atoms with E-state index in [4.69, 9.17) is 0 Å². The molecule has 5 heteroatoms. The van der Waals surface area contributed by atoms with Gasteiger partial charge in [-0.05, 0) is 19.4 Å². The zero-order chi connectivity index (χ0) is 9.59. The minimum absolute atomic E-state index is 0.305. The van der Waals surface area contributed by atoms with Gasteiger partial charge >= 0.3 is 5.69 Å². The zero-order valence-corrected chi connectivity index (χ0v) is 8.04. The highest BCUT2D eigenvalue weighted by Gasteiger charge is 2.08. The lowest BCUT2D eigenvalue weighted by Crippen LogP contribution is -2.21. The van der Waals surface area contributed by atoms with Gasteiger partial charge in [0.05, 0.1) is 5.39 Å². The Labute approximate surface area is 77.2 Å². The van der Waals surface area contributed by atoms with E-state index in [1.54, 1.807) is 0 Å². The van der Waals surface area contributed by atoms with Crippen LogP contribution in [-0.4, -0.2) is 9.97 Å². The van der Waals surface area contributed by atoms with E-state index in [0.717, 1.165) is 10.4 Å². The van der Waals surface area contributed by atoms with Gasteiger partial charge in [0.1, 0.15) is 4.83 Å². The Bertz CT molecular complexity index is 576. The van der Waals surface area contributed by atoms with E-state index in [1.165, 1.54) is 11.3 Å². The number of aromatic nitrogens is 2. The molecule has 0 spiro atoms. The molecule has 0 atom stereocenters. The van der Waals surface area contributed by atoms with E-state index < -0.39 is 5.69 Å². The van der Waals surface area contributed by atoms with Gasteiger partial charge in [0.25, 0.3) is 5.56 Å². The summed E-state index contributed by atoms with van der Waals surface area (Å²) in [6, 6.07) is 0. The fourth-order valence-corrected chi connectivity index (χ4v) is 2.34. The number of fused-ring (bicyclic) bond motifs is 1. The maximum absolute atomic E-state index is 11.4. The Morgan fingerprint density at radius 3 is 2.54 bits per heavy atom. The second kappa shape index (κ2) is 2.56. The first-order valence-corrected chi connectivity index (χ1v) is 4.63. The molecule has 0 aliphatic heterocycles. The van der Waals surface area contributed by atoms with E-state index in [-0.39, 0.29) is 5.56 Å². The topological polar surface area (TPSA) is 65.7 Å². The molecule has 2 heterocycles. The molecule has 0 aliphatic rings. The normalized spacial score (nSPS) is 10.9. The van der Waals surface area contributed by atoms with Crippen LogP contribution in [0.1, 0.15) is 10.4 Å². The van der Waals surface area contributed by atoms with Crippen LogP contribution in [0.3, 0.4) is 0 Å². The highest BCUT2D eigenvalue weighted by molar-refractivity contribution is 7.18. The molecule has 13 heavy (non-hydrogen) atoms. The molecule has 0 fully saturated rings. The van der Waals surface area contributed by atoms with Crippen LogP contribution in [0.2, 0.25) is 0 Å². The summed E-state index contributed by atoms with van der Waals surface area (Å²) in [5.74, 6) is 0. The smallest absolute Gasteiger partial charge is 0.298 e. The number of hydrogen-bond acceptors (Lipinski definition) is 3. The molecule has 2 aromatic rings. The molecule has 0 aliphatic carbocycles. The first-order chi connectivity index (χ1) is 6.09. The first kappa shape index (κ1) is 8.25. The van der Waals surface area contributed by atoms with Crippen LogP contribution in [0, 0.1) is 13.8 Å². The van der Waals surface area contributed by atoms with Crippen molar-refractivity contribution >= 4 is 21.6 Å². The number of aromatic amines is 2. The fourth-order valence-electron chi connectivity index (χ4n) is 1.29. The molecule has 4 nitrogen and oxygen atoms in total. The summed E-state index contributed by atoms with van der Waals surface area (Å²) in [4.78, 5) is 28.8. The standard InChI is InChI=1S/C8H8N2O2S/c1-3-4(2)13-7-5(3)6(11)9-8(12)10-7/h1-2H3,(H2,9,10,11,12). The summed E-state index contributed by atoms with van der Waals surface area (Å²) in [5, 5.41) is 0.599. The number of H-pyrrole nitrogens is 2. The van der Waals surface area contributed by atoms with E-state index in [0.29, 0.717) is 10.2 Å². The summed E-state index contributed by atoms with van der Waals surface area (Å²) in [6.45, 7) is 3.81. The van der Waals surface area contributed by atoms with Crippen molar-refractivity contribution in [2.45, 2.75) is 13.8 Å². The van der Waals surface area contributed by atoms with Crippen molar-refractivity contribution in [1.82, 2.24) is 9.97 Å². The summed E-state index contributed by atoms with van der Waals surface area (Å²) in [6.07, 6.45) is 0. The van der Waals surface area contributed by atoms with Gasteiger partial charge in [0.2, 0.25) is 0 Å². The Hall–Kier alpha value is -1.36. The van der Waals surface area contributed by atoms with Crippen molar-refractivity contribution in [3.8, 4) is 0 Å². The Kier molecular flexibility index (Phi) is 1.63. The van der Waals surface area contributed by atoms with Gasteiger partial charge in [-0.1, -0.05) is 0 Å². The third kappa shape index (κ3) is 1.12. The average Bonchev–Trinajstić information content (AvgIpc) is 2.27. The van der Waals surface area contributed by atoms with E-state index in [2.05, 4.69) is 9.97 Å². The minimum Gasteiger partial charge on any atom is -0.298 e. The highest BCUT2D eigenvalue weighted by Crippen LogP contribution is 2.24. The summed E-state index contributed by atoms with van der Waals surface area (Å²) < 4.78 is 0. The van der Waals surface area contributed by atoms with Crippen molar-refractivity contribution in [3.05, 3.63) is 31.3 Å². The Morgan fingerprint density at radius 1 is 1.15 bits per heavy atom. The monoisotopic (exact) mass is 196 g/mol. The molecule has 0 amide bonds. The predicted molar refractivity (Wildman–Crippen MR) is 52.5 cm³/mol. The second-order valence-corrected chi connectivity index (χ2v) is 4.12. The van der Waals surface area contributed by atoms with Crippen LogP contribution in [0.15, 0.2) is 9.59 Å². The number of hydrogen-bond donors (Lipinski definition) is 2. The molecule has 2 N–H and O–H groups in total. The maximum atomic E-state index is 11.4. The molecular weight excluding hydrogens is 188 g/mol. The number of aryl methyl sites for hydroxylation is 2. The van der Waals surface area contributed by atoms with Gasteiger partial charge in [-0.2, -0.15) is 0 Å². The van der Waals surface area contributed by atoms with Crippen LogP contribution >= 0.6 is 11.3 Å². The van der Waals surface area contributed by atoms with E-state index in [1.807, 2.05) is 13.8 Å². The lowest BCUT2D eigenvalue weighted by atomic mass is 10.2. The van der Waals surface area contributed by atoms with Crippen molar-refractivity contribution in [1.29, 1.82) is 0 Å². The van der Waals surface area contributed by atoms with Crippen molar-refractivity contribution < 1.29 is 0 Å². The third-order valence-corrected chi connectivity index (χ3v) is 3.19. The molecule has 0 unspecified atom stereocenters. The molecule has 0 bridgehead atoms. The highest BCUT2D eigenvalue weighted by atomic mass is 32.1. The van der Waals surface area contributed by atoms with Crippen molar-refractivity contribution in [2.24, 2.45) is 0 Å². The van der Waals surface area contributed by atoms with Gasteiger partial charge in [-0.3, -0.25) is 14.8 Å². The summed E-state index contributed by atoms with van der Waals surface area (Å²) >= 11 is 1.43. The Balaban J connectivity index is 3.12. The van der Waals surface area contributed by atoms with Crippen LogP contribution in [0.25, 0.3) is 10.2 Å². The van der Waals surface area contributed by atoms with Crippen LogP contribution in [0.4, 0.5) is 0 Å². The Morgan fingerprint density at radius 2 is 1.85 bits per heavy atom. The summed E-state index contributed by atoms with van der Waals surface area (Å²) in [7, 11) is 0. The maximum Gasteiger partial charge on any atom is 0.326 e. The summed E-state index contributed by atoms with van der Waals surface area (Å²) in [5.41, 5.74) is 0.192. The van der Waals surface area contributed by atoms with Crippen LogP contribution in [0.5, 0.6) is 0 Å². The molecule has 2 aromatic heterocycles. The van der Waals surface area contributed by atoms with Crippen LogP contribution in [-0.2, 0) is 0 Å². The molecule has 0 radical (unpaired) electrons. The van der Waals surface area contributed by atoms with Gasteiger partial charge < -0.3 is 0 Å². The molecule has 2 rings (SSSR count). The SMILES string of the molecule is Cc1sc2[nH]c(=O)[nH]c(=O)c2c1C. The van der Waals surface area contributed by atoms with Gasteiger partial charge in [-0.15, -0.1) is 11.3 Å². The molecule has 0 saturated heterocycles. The van der Waals surface area contributed by atoms with Crippen molar-refractivity contribution in [3.63, 3.8) is 0 Å². The van der Waals surface area contributed by atoms with E-state index in [9.17, 15) is 9.59 Å². The van der Waals surface area contributed by atoms with Crippen LogP contribution < -0.4 is 11.2 Å². The molecule has 68 valence electrons. The molecule has 0 aromatic carbocycles. The lowest BCUT2D eigenvalue weighted by molar-refractivity contribution is 1.09. The second-order valence-electron chi connectivity index (χ2n) is 2.90. The average molecular weight is 196 g/mol. The lowest BCUT2D eigenvalue weighted by Gasteiger charge is -1.88. The zero-order valence-electron chi connectivity index (χ0n) is 7.22.